The van der Waals surface area contributed by atoms with E-state index in [1.54, 1.807) is 6.07 Å². The van der Waals surface area contributed by atoms with Crippen LogP contribution >= 0.6 is 15.9 Å². The average Bonchev–Trinajstić information content (AvgIpc) is 2.27. The maximum atomic E-state index is 13.4. The van der Waals surface area contributed by atoms with E-state index in [2.05, 4.69) is 15.9 Å². The van der Waals surface area contributed by atoms with E-state index in [1.165, 1.54) is 17.0 Å². The number of nitro groups is 1. The molecule has 2 rings (SSSR count). The lowest BCUT2D eigenvalue weighted by atomic mass is 10.1. The lowest BCUT2D eigenvalue weighted by Gasteiger charge is -2.34. The van der Waals surface area contributed by atoms with E-state index >= 15 is 0 Å². The number of benzene rings is 1. The van der Waals surface area contributed by atoms with E-state index in [-0.39, 0.29) is 17.8 Å². The third-order valence-corrected chi connectivity index (χ3v) is 3.51. The molecule has 0 bridgehead atoms. The Morgan fingerprint density at radius 3 is 2.78 bits per heavy atom. The van der Waals surface area contributed by atoms with E-state index in [9.17, 15) is 18.9 Å². The highest BCUT2D eigenvalue weighted by Crippen LogP contribution is 2.39. The summed E-state index contributed by atoms with van der Waals surface area (Å²) >= 11 is 3.20. The van der Waals surface area contributed by atoms with Crippen LogP contribution in [-0.4, -0.2) is 23.9 Å². The minimum atomic E-state index is -2.79. The van der Waals surface area contributed by atoms with Gasteiger partial charge in [0, 0.05) is 23.5 Å². The van der Waals surface area contributed by atoms with Crippen molar-refractivity contribution in [3.05, 3.63) is 32.8 Å². The van der Waals surface area contributed by atoms with Crippen LogP contribution in [-0.2, 0) is 0 Å². The van der Waals surface area contributed by atoms with Gasteiger partial charge in [-0.2, -0.15) is 0 Å². The molecule has 0 amide bonds. The molecule has 1 aliphatic rings. The standard InChI is InChI=1S/C11H11BrF2N2O2/c12-8-3-1-4-9(16(17)18)10(8)15-6-2-5-11(13,14)7-15/h1,3-4H,2,5-7H2. The van der Waals surface area contributed by atoms with Crippen molar-refractivity contribution in [3.8, 4) is 0 Å². The van der Waals surface area contributed by atoms with Crippen LogP contribution in [0, 0.1) is 10.1 Å². The minimum absolute atomic E-state index is 0.151. The molecule has 1 saturated heterocycles. The molecule has 7 heteroatoms. The highest BCUT2D eigenvalue weighted by Gasteiger charge is 2.37. The van der Waals surface area contributed by atoms with E-state index in [4.69, 9.17) is 0 Å². The number of alkyl halides is 2. The monoisotopic (exact) mass is 320 g/mol. The number of nitro benzene ring substituents is 1. The van der Waals surface area contributed by atoms with Gasteiger partial charge in [0.25, 0.3) is 11.6 Å². The second-order valence-electron chi connectivity index (χ2n) is 4.25. The van der Waals surface area contributed by atoms with Gasteiger partial charge in [-0.15, -0.1) is 0 Å². The van der Waals surface area contributed by atoms with Crippen LogP contribution in [0.5, 0.6) is 0 Å². The summed E-state index contributed by atoms with van der Waals surface area (Å²) in [5, 5.41) is 10.9. The number of piperidine rings is 1. The Morgan fingerprint density at radius 1 is 1.44 bits per heavy atom. The lowest BCUT2D eigenvalue weighted by Crippen LogP contribution is -2.43. The fraction of sp³-hybridized carbons (Fsp3) is 0.455. The zero-order valence-corrected chi connectivity index (χ0v) is 11.0. The maximum absolute atomic E-state index is 13.4. The number of para-hydroxylation sites is 1. The van der Waals surface area contributed by atoms with Gasteiger partial charge in [-0.3, -0.25) is 10.1 Å². The SMILES string of the molecule is O=[N+]([O-])c1cccc(Br)c1N1CCCC(F)(F)C1. The molecule has 0 atom stereocenters. The van der Waals surface area contributed by atoms with E-state index in [1.807, 2.05) is 0 Å². The molecule has 0 saturated carbocycles. The summed E-state index contributed by atoms with van der Waals surface area (Å²) in [5.74, 6) is -2.79. The van der Waals surface area contributed by atoms with Crippen LogP contribution in [0.1, 0.15) is 12.8 Å². The minimum Gasteiger partial charge on any atom is -0.359 e. The highest BCUT2D eigenvalue weighted by atomic mass is 79.9. The van der Waals surface area contributed by atoms with Crippen molar-refractivity contribution in [2.75, 3.05) is 18.0 Å². The van der Waals surface area contributed by atoms with Crippen molar-refractivity contribution >= 4 is 27.3 Å². The van der Waals surface area contributed by atoms with Crippen LogP contribution in [0.4, 0.5) is 20.2 Å². The number of hydrogen-bond donors (Lipinski definition) is 0. The summed E-state index contributed by atoms with van der Waals surface area (Å²) in [6, 6.07) is 4.47. The number of hydrogen-bond acceptors (Lipinski definition) is 3. The van der Waals surface area contributed by atoms with Crippen LogP contribution in [0.15, 0.2) is 22.7 Å². The molecule has 0 spiro atoms. The van der Waals surface area contributed by atoms with Crippen LogP contribution in [0.3, 0.4) is 0 Å². The zero-order chi connectivity index (χ0) is 13.3. The Bertz CT molecular complexity index is 482. The molecule has 0 aromatic heterocycles. The molecule has 1 heterocycles. The van der Waals surface area contributed by atoms with Gasteiger partial charge in [0.15, 0.2) is 0 Å². The van der Waals surface area contributed by atoms with E-state index in [0.29, 0.717) is 17.4 Å². The first-order chi connectivity index (χ1) is 8.41. The van der Waals surface area contributed by atoms with Crippen molar-refractivity contribution in [2.24, 2.45) is 0 Å². The summed E-state index contributed by atoms with van der Waals surface area (Å²) in [7, 11) is 0. The largest absolute Gasteiger partial charge is 0.359 e. The van der Waals surface area contributed by atoms with Crippen LogP contribution in [0.25, 0.3) is 0 Å². The molecule has 0 radical (unpaired) electrons. The van der Waals surface area contributed by atoms with Gasteiger partial charge < -0.3 is 4.90 Å². The molecule has 1 fully saturated rings. The van der Waals surface area contributed by atoms with Crippen molar-refractivity contribution in [1.29, 1.82) is 0 Å². The molecule has 1 aliphatic heterocycles. The van der Waals surface area contributed by atoms with Crippen LogP contribution in [0.2, 0.25) is 0 Å². The molecule has 1 aromatic carbocycles. The second kappa shape index (κ2) is 4.79. The average molecular weight is 321 g/mol. The summed E-state index contributed by atoms with van der Waals surface area (Å²) in [5.41, 5.74) is 0.0870. The fourth-order valence-electron chi connectivity index (χ4n) is 2.12. The molecular weight excluding hydrogens is 310 g/mol. The predicted molar refractivity (Wildman–Crippen MR) is 67.2 cm³/mol. The number of halogens is 3. The topological polar surface area (TPSA) is 46.4 Å². The molecule has 0 aliphatic carbocycles. The third-order valence-electron chi connectivity index (χ3n) is 2.87. The Labute approximate surface area is 111 Å². The molecular formula is C11H11BrF2N2O2. The van der Waals surface area contributed by atoms with Gasteiger partial charge in [0.1, 0.15) is 5.69 Å². The molecule has 0 N–H and O–H groups in total. The first-order valence-corrected chi connectivity index (χ1v) is 6.26. The zero-order valence-electron chi connectivity index (χ0n) is 9.41. The number of rotatable bonds is 2. The smallest absolute Gasteiger partial charge is 0.293 e. The molecule has 4 nitrogen and oxygen atoms in total. The summed E-state index contributed by atoms with van der Waals surface area (Å²) in [6.45, 7) is -0.0739. The third kappa shape index (κ3) is 2.60. The molecule has 18 heavy (non-hydrogen) atoms. The van der Waals surface area contributed by atoms with E-state index < -0.39 is 17.4 Å². The summed E-state index contributed by atoms with van der Waals surface area (Å²) < 4.78 is 27.2. The first kappa shape index (κ1) is 13.2. The predicted octanol–water partition coefficient (Wildman–Crippen LogP) is 3.59. The Morgan fingerprint density at radius 2 is 2.17 bits per heavy atom. The molecule has 1 aromatic rings. The molecule has 0 unspecified atom stereocenters. The van der Waals surface area contributed by atoms with Crippen molar-refractivity contribution < 1.29 is 13.7 Å². The fourth-order valence-corrected chi connectivity index (χ4v) is 2.73. The summed E-state index contributed by atoms with van der Waals surface area (Å²) in [6.07, 6.45) is 0.160. The lowest BCUT2D eigenvalue weighted by molar-refractivity contribution is -0.384. The van der Waals surface area contributed by atoms with Gasteiger partial charge in [0.05, 0.1) is 11.5 Å². The summed E-state index contributed by atoms with van der Waals surface area (Å²) in [4.78, 5) is 11.8. The van der Waals surface area contributed by atoms with Gasteiger partial charge >= 0.3 is 0 Å². The second-order valence-corrected chi connectivity index (χ2v) is 5.10. The highest BCUT2D eigenvalue weighted by molar-refractivity contribution is 9.10. The van der Waals surface area contributed by atoms with Crippen LogP contribution < -0.4 is 4.90 Å². The molecule has 98 valence electrons. The van der Waals surface area contributed by atoms with Gasteiger partial charge in [0.2, 0.25) is 0 Å². The Kier molecular flexibility index (Phi) is 3.52. The van der Waals surface area contributed by atoms with Gasteiger partial charge in [-0.05, 0) is 28.4 Å². The van der Waals surface area contributed by atoms with Gasteiger partial charge in [-0.25, -0.2) is 8.78 Å². The number of nitrogens with zero attached hydrogens (tertiary/aromatic N) is 2. The Hall–Kier alpha value is -1.24. The Balaban J connectivity index is 2.41. The van der Waals surface area contributed by atoms with Gasteiger partial charge in [-0.1, -0.05) is 6.07 Å². The quantitative estimate of drug-likeness (QED) is 0.618. The first-order valence-electron chi connectivity index (χ1n) is 5.46. The van der Waals surface area contributed by atoms with Crippen molar-refractivity contribution in [2.45, 2.75) is 18.8 Å². The van der Waals surface area contributed by atoms with Crippen molar-refractivity contribution in [1.82, 2.24) is 0 Å². The number of anilines is 1. The van der Waals surface area contributed by atoms with E-state index in [0.717, 1.165) is 0 Å². The van der Waals surface area contributed by atoms with Crippen molar-refractivity contribution in [3.63, 3.8) is 0 Å². The normalized spacial score (nSPS) is 18.7. The maximum Gasteiger partial charge on any atom is 0.293 e.